The molecule has 1 aromatic carbocycles. The summed E-state index contributed by atoms with van der Waals surface area (Å²) < 4.78 is 5.88. The summed E-state index contributed by atoms with van der Waals surface area (Å²) in [5.74, 6) is -1.01. The van der Waals surface area contributed by atoms with E-state index in [1.807, 2.05) is 25.1 Å². The molecule has 0 aliphatic carbocycles. The van der Waals surface area contributed by atoms with E-state index in [1.54, 1.807) is 18.3 Å². The molecule has 1 fully saturated rings. The van der Waals surface area contributed by atoms with Crippen molar-refractivity contribution in [2.24, 2.45) is 5.73 Å². The van der Waals surface area contributed by atoms with Gasteiger partial charge >= 0.3 is 0 Å². The van der Waals surface area contributed by atoms with Crippen LogP contribution < -0.4 is 16.0 Å². The lowest BCUT2D eigenvalue weighted by atomic mass is 10.1. The number of morpholine rings is 1. The van der Waals surface area contributed by atoms with Gasteiger partial charge in [-0.05, 0) is 43.3 Å². The number of nitrogens with one attached hydrogen (secondary N) is 1. The Hall–Kier alpha value is -3.74. The number of anilines is 2. The molecule has 3 aromatic rings. The van der Waals surface area contributed by atoms with E-state index in [0.29, 0.717) is 29.9 Å². The number of nitrogens with two attached hydrogens (primary N) is 1. The topological polar surface area (TPSA) is 134 Å². The summed E-state index contributed by atoms with van der Waals surface area (Å²) in [6.07, 6.45) is 2.12. The molecule has 0 unspecified atom stereocenters. The molecule has 1 aliphatic rings. The SMILES string of the molecule is C[C@@H]1CN(c2ccc(C#N)c3ncccc23)C[C@H](C(=O)Nc2ccnc(C(N)=O)c2)O1.Cl. The highest BCUT2D eigenvalue weighted by atomic mass is 35.5. The fourth-order valence-electron chi connectivity index (χ4n) is 3.68. The van der Waals surface area contributed by atoms with Crippen molar-refractivity contribution in [3.8, 4) is 6.07 Å². The van der Waals surface area contributed by atoms with Gasteiger partial charge in [-0.15, -0.1) is 12.4 Å². The lowest BCUT2D eigenvalue weighted by Crippen LogP contribution is -2.51. The first-order chi connectivity index (χ1) is 15.0. The second kappa shape index (κ2) is 9.60. The Morgan fingerprint density at radius 2 is 2.03 bits per heavy atom. The lowest BCUT2D eigenvalue weighted by Gasteiger charge is -2.38. The molecule has 9 nitrogen and oxygen atoms in total. The van der Waals surface area contributed by atoms with Gasteiger partial charge in [-0.3, -0.25) is 19.6 Å². The number of carbonyl (C=O) groups is 2. The number of amides is 2. The van der Waals surface area contributed by atoms with Crippen molar-refractivity contribution in [3.63, 3.8) is 0 Å². The third kappa shape index (κ3) is 4.61. The molecule has 0 radical (unpaired) electrons. The van der Waals surface area contributed by atoms with Crippen molar-refractivity contribution in [1.29, 1.82) is 5.26 Å². The predicted octanol–water partition coefficient (Wildman–Crippen LogP) is 2.25. The van der Waals surface area contributed by atoms with E-state index in [4.69, 9.17) is 10.5 Å². The Morgan fingerprint density at radius 3 is 2.78 bits per heavy atom. The van der Waals surface area contributed by atoms with Crippen LogP contribution in [0.25, 0.3) is 10.9 Å². The van der Waals surface area contributed by atoms with Gasteiger partial charge in [0.1, 0.15) is 11.8 Å². The second-order valence-corrected chi connectivity index (χ2v) is 7.27. The van der Waals surface area contributed by atoms with Gasteiger partial charge in [-0.2, -0.15) is 5.26 Å². The number of hydrogen-bond donors (Lipinski definition) is 2. The maximum Gasteiger partial charge on any atom is 0.267 e. The van der Waals surface area contributed by atoms with E-state index in [2.05, 4.69) is 26.3 Å². The highest BCUT2D eigenvalue weighted by Gasteiger charge is 2.31. The average molecular weight is 453 g/mol. The highest BCUT2D eigenvalue weighted by Crippen LogP contribution is 2.30. The number of benzene rings is 1. The Balaban J connectivity index is 0.00000289. The van der Waals surface area contributed by atoms with Crippen LogP contribution in [-0.4, -0.2) is 47.1 Å². The first kappa shape index (κ1) is 22.9. The maximum absolute atomic E-state index is 12.9. The van der Waals surface area contributed by atoms with Crippen molar-refractivity contribution >= 4 is 46.5 Å². The molecule has 10 heteroatoms. The molecule has 2 amide bonds. The van der Waals surface area contributed by atoms with Gasteiger partial charge in [0.25, 0.3) is 11.8 Å². The quantitative estimate of drug-likeness (QED) is 0.619. The number of halogens is 1. The van der Waals surface area contributed by atoms with Crippen LogP contribution in [0.4, 0.5) is 11.4 Å². The van der Waals surface area contributed by atoms with Crippen LogP contribution >= 0.6 is 12.4 Å². The van der Waals surface area contributed by atoms with E-state index < -0.39 is 12.0 Å². The predicted molar refractivity (Wildman–Crippen MR) is 122 cm³/mol. The molecule has 3 heterocycles. The molecule has 1 aliphatic heterocycles. The Labute approximate surface area is 190 Å². The van der Waals surface area contributed by atoms with Crippen LogP contribution in [0.3, 0.4) is 0 Å². The number of rotatable bonds is 4. The van der Waals surface area contributed by atoms with E-state index in [0.717, 1.165) is 11.1 Å². The molecule has 2 atom stereocenters. The van der Waals surface area contributed by atoms with Crippen LogP contribution in [0, 0.1) is 11.3 Å². The van der Waals surface area contributed by atoms with Gasteiger partial charge in [0.05, 0.1) is 23.7 Å². The molecule has 0 saturated carbocycles. The molecule has 1 saturated heterocycles. The van der Waals surface area contributed by atoms with E-state index in [9.17, 15) is 14.9 Å². The Kier molecular flexibility index (Phi) is 6.88. The Bertz CT molecular complexity index is 1210. The number of aromatic nitrogens is 2. The fraction of sp³-hybridized carbons (Fsp3) is 0.227. The molecule has 32 heavy (non-hydrogen) atoms. The maximum atomic E-state index is 12.9. The van der Waals surface area contributed by atoms with E-state index in [1.165, 1.54) is 12.3 Å². The number of fused-ring (bicyclic) bond motifs is 1. The Morgan fingerprint density at radius 1 is 1.22 bits per heavy atom. The zero-order valence-electron chi connectivity index (χ0n) is 17.2. The molecule has 2 aromatic heterocycles. The van der Waals surface area contributed by atoms with Gasteiger partial charge < -0.3 is 20.7 Å². The molecule has 0 spiro atoms. The zero-order chi connectivity index (χ0) is 22.0. The summed E-state index contributed by atoms with van der Waals surface area (Å²) in [4.78, 5) is 34.5. The summed E-state index contributed by atoms with van der Waals surface area (Å²) in [7, 11) is 0. The van der Waals surface area contributed by atoms with Crippen molar-refractivity contribution < 1.29 is 14.3 Å². The second-order valence-electron chi connectivity index (χ2n) is 7.27. The number of hydrogen-bond acceptors (Lipinski definition) is 7. The van der Waals surface area contributed by atoms with Crippen LogP contribution in [0.5, 0.6) is 0 Å². The van der Waals surface area contributed by atoms with Gasteiger partial charge in [0.2, 0.25) is 0 Å². The van der Waals surface area contributed by atoms with E-state index >= 15 is 0 Å². The molecule has 3 N–H and O–H groups in total. The standard InChI is InChI=1S/C22H20N6O3.ClH/c1-13-11-28(18-5-4-14(10-23)20-16(18)3-2-7-26-20)12-19(31-13)22(30)27-15-6-8-25-17(9-15)21(24)29;/h2-9,13,19H,11-12H2,1H3,(H2,24,29)(H,25,27,30);1H/t13-,19-;/m1./s1. The first-order valence-electron chi connectivity index (χ1n) is 9.71. The van der Waals surface area contributed by atoms with E-state index in [-0.39, 0.29) is 30.1 Å². The van der Waals surface area contributed by atoms with Gasteiger partial charge in [0, 0.05) is 35.7 Å². The average Bonchev–Trinajstić information content (AvgIpc) is 2.78. The van der Waals surface area contributed by atoms with Crippen molar-refractivity contribution in [2.75, 3.05) is 23.3 Å². The summed E-state index contributed by atoms with van der Waals surface area (Å²) >= 11 is 0. The van der Waals surface area contributed by atoms with Crippen LogP contribution in [0.15, 0.2) is 48.8 Å². The molecule has 164 valence electrons. The third-order valence-corrected chi connectivity index (χ3v) is 5.04. The molecular formula is C22H21ClN6O3. The van der Waals surface area contributed by atoms with Crippen LogP contribution in [0.2, 0.25) is 0 Å². The summed E-state index contributed by atoms with van der Waals surface area (Å²) in [6, 6.07) is 12.5. The van der Waals surface area contributed by atoms with Crippen molar-refractivity contribution in [3.05, 3.63) is 60.0 Å². The summed E-state index contributed by atoms with van der Waals surface area (Å²) in [5, 5.41) is 13.0. The number of primary amides is 1. The number of nitriles is 1. The molecule has 4 rings (SSSR count). The number of ether oxygens (including phenoxy) is 1. The van der Waals surface area contributed by atoms with Crippen LogP contribution in [-0.2, 0) is 9.53 Å². The summed E-state index contributed by atoms with van der Waals surface area (Å²) in [5.41, 5.74) is 7.73. The molecule has 0 bridgehead atoms. The van der Waals surface area contributed by atoms with Crippen molar-refractivity contribution in [1.82, 2.24) is 9.97 Å². The first-order valence-corrected chi connectivity index (χ1v) is 9.71. The monoisotopic (exact) mass is 452 g/mol. The number of carbonyl (C=O) groups excluding carboxylic acids is 2. The minimum Gasteiger partial charge on any atom is -0.365 e. The van der Waals surface area contributed by atoms with Gasteiger partial charge in [0.15, 0.2) is 6.10 Å². The minimum atomic E-state index is -0.740. The normalized spacial score (nSPS) is 17.8. The summed E-state index contributed by atoms with van der Waals surface area (Å²) in [6.45, 7) is 2.80. The third-order valence-electron chi connectivity index (χ3n) is 5.04. The van der Waals surface area contributed by atoms with Crippen LogP contribution in [0.1, 0.15) is 23.0 Å². The fourth-order valence-corrected chi connectivity index (χ4v) is 3.68. The zero-order valence-corrected chi connectivity index (χ0v) is 18.0. The highest BCUT2D eigenvalue weighted by molar-refractivity contribution is 5.98. The largest absolute Gasteiger partial charge is 0.365 e. The number of nitrogens with zero attached hydrogens (tertiary/aromatic N) is 4. The van der Waals surface area contributed by atoms with Gasteiger partial charge in [-0.25, -0.2) is 0 Å². The molecular weight excluding hydrogens is 432 g/mol. The lowest BCUT2D eigenvalue weighted by molar-refractivity contribution is -0.131. The number of pyridine rings is 2. The van der Waals surface area contributed by atoms with Gasteiger partial charge in [-0.1, -0.05) is 0 Å². The van der Waals surface area contributed by atoms with Crippen molar-refractivity contribution in [2.45, 2.75) is 19.1 Å². The minimum absolute atomic E-state index is 0. The smallest absolute Gasteiger partial charge is 0.267 e.